The molecule has 7 nitrogen and oxygen atoms in total. The number of hydrogen-bond donors (Lipinski definition) is 2. The number of benzene rings is 3. The average Bonchev–Trinajstić information content (AvgIpc) is 2.85. The molecule has 0 spiro atoms. The molecule has 3 aromatic carbocycles. The van der Waals surface area contributed by atoms with Gasteiger partial charge in [-0.2, -0.15) is 17.0 Å². The summed E-state index contributed by atoms with van der Waals surface area (Å²) >= 11 is 1.63. The third kappa shape index (κ3) is 7.01. The summed E-state index contributed by atoms with van der Waals surface area (Å²) in [6, 6.07) is 22.0. The number of sulfonamides is 1. The van der Waals surface area contributed by atoms with Crippen molar-refractivity contribution in [3.8, 4) is 11.8 Å². The minimum Gasteiger partial charge on any atom is -0.494 e. The van der Waals surface area contributed by atoms with Gasteiger partial charge in [-0.15, -0.1) is 0 Å². The molecule has 176 valence electrons. The maximum atomic E-state index is 12.6. The van der Waals surface area contributed by atoms with Gasteiger partial charge in [-0.1, -0.05) is 18.2 Å². The number of carbonyl (C=O) groups excluding carboxylic acids is 1. The van der Waals surface area contributed by atoms with Gasteiger partial charge in [0.05, 0.1) is 23.1 Å². The standard InChI is InChI=1S/C25H25N3O4S2/c1-2-32-23-11-13-24(14-12-23)34(30,31)28-22-9-7-19(8-10-22)25(29)27-15-16-33-18-21-6-4-3-5-20(21)17-26/h3-14,28H,2,15-16,18H2,1H3,(H,27,29). The fraction of sp³-hybridized carbons (Fsp3) is 0.200. The highest BCUT2D eigenvalue weighted by molar-refractivity contribution is 7.98. The molecule has 3 aromatic rings. The Balaban J connectivity index is 1.47. The quantitative estimate of drug-likeness (QED) is 0.381. The highest BCUT2D eigenvalue weighted by atomic mass is 32.2. The molecule has 0 aromatic heterocycles. The van der Waals surface area contributed by atoms with Gasteiger partial charge in [0.1, 0.15) is 5.75 Å². The van der Waals surface area contributed by atoms with E-state index < -0.39 is 10.0 Å². The number of thioether (sulfide) groups is 1. The molecule has 2 N–H and O–H groups in total. The van der Waals surface area contributed by atoms with Crippen molar-refractivity contribution in [1.82, 2.24) is 5.32 Å². The van der Waals surface area contributed by atoms with Crippen LogP contribution < -0.4 is 14.8 Å². The third-order valence-corrected chi connectivity index (χ3v) is 7.18. The summed E-state index contributed by atoms with van der Waals surface area (Å²) in [5.74, 6) is 1.76. The van der Waals surface area contributed by atoms with Crippen molar-refractivity contribution in [2.75, 3.05) is 23.6 Å². The smallest absolute Gasteiger partial charge is 0.261 e. The summed E-state index contributed by atoms with van der Waals surface area (Å²) in [4.78, 5) is 12.5. The van der Waals surface area contributed by atoms with E-state index in [4.69, 9.17) is 10.00 Å². The molecule has 0 bridgehead atoms. The van der Waals surface area contributed by atoms with E-state index in [9.17, 15) is 13.2 Å². The number of nitrogens with zero attached hydrogens (tertiary/aromatic N) is 1. The largest absolute Gasteiger partial charge is 0.494 e. The van der Waals surface area contributed by atoms with Crippen LogP contribution in [0.2, 0.25) is 0 Å². The fourth-order valence-corrected chi connectivity index (χ4v) is 4.98. The summed E-state index contributed by atoms with van der Waals surface area (Å²) < 4.78 is 33.0. The molecule has 0 radical (unpaired) electrons. The predicted octanol–water partition coefficient (Wildman–Crippen LogP) is 4.42. The number of nitrogens with one attached hydrogen (secondary N) is 2. The van der Waals surface area contributed by atoms with E-state index >= 15 is 0 Å². The second-order valence-corrected chi connectivity index (χ2v) is 9.95. The van der Waals surface area contributed by atoms with Gasteiger partial charge in [0.25, 0.3) is 15.9 Å². The number of hydrogen-bond acceptors (Lipinski definition) is 6. The maximum Gasteiger partial charge on any atom is 0.261 e. The van der Waals surface area contributed by atoms with Crippen LogP contribution in [0.1, 0.15) is 28.4 Å². The lowest BCUT2D eigenvalue weighted by Crippen LogP contribution is -2.25. The lowest BCUT2D eigenvalue weighted by atomic mass is 10.1. The maximum absolute atomic E-state index is 12.6. The van der Waals surface area contributed by atoms with E-state index in [0.29, 0.717) is 47.2 Å². The minimum atomic E-state index is -3.76. The normalized spacial score (nSPS) is 10.8. The molecule has 0 aliphatic carbocycles. The number of nitriles is 1. The lowest BCUT2D eigenvalue weighted by Gasteiger charge is -2.10. The monoisotopic (exact) mass is 495 g/mol. The van der Waals surface area contributed by atoms with Gasteiger partial charge in [0, 0.05) is 29.3 Å². The summed E-state index contributed by atoms with van der Waals surface area (Å²) in [5.41, 5.74) is 2.43. The Labute approximate surface area is 204 Å². The lowest BCUT2D eigenvalue weighted by molar-refractivity contribution is 0.0956. The van der Waals surface area contributed by atoms with Crippen molar-refractivity contribution in [2.24, 2.45) is 0 Å². The molecule has 0 aliphatic heterocycles. The first-order valence-electron chi connectivity index (χ1n) is 10.6. The van der Waals surface area contributed by atoms with Crippen LogP contribution in [-0.2, 0) is 15.8 Å². The molecule has 3 rings (SSSR count). The number of ether oxygens (including phenoxy) is 1. The first kappa shape index (κ1) is 25.1. The SMILES string of the molecule is CCOc1ccc(S(=O)(=O)Nc2ccc(C(=O)NCCSCc3ccccc3C#N)cc2)cc1. The molecule has 0 saturated heterocycles. The van der Waals surface area contributed by atoms with Gasteiger partial charge in [0.15, 0.2) is 0 Å². The minimum absolute atomic E-state index is 0.118. The van der Waals surface area contributed by atoms with Crippen LogP contribution in [0.25, 0.3) is 0 Å². The zero-order chi connectivity index (χ0) is 24.4. The Bertz CT molecular complexity index is 1250. The predicted molar refractivity (Wildman–Crippen MR) is 135 cm³/mol. The zero-order valence-electron chi connectivity index (χ0n) is 18.7. The van der Waals surface area contributed by atoms with Gasteiger partial charge < -0.3 is 10.1 Å². The summed E-state index contributed by atoms with van der Waals surface area (Å²) in [5, 5.41) is 12.0. The Morgan fingerprint density at radius 3 is 2.41 bits per heavy atom. The Morgan fingerprint density at radius 1 is 1.03 bits per heavy atom. The van der Waals surface area contributed by atoms with Crippen LogP contribution >= 0.6 is 11.8 Å². The van der Waals surface area contributed by atoms with E-state index in [1.807, 2.05) is 25.1 Å². The van der Waals surface area contributed by atoms with E-state index in [1.165, 1.54) is 12.1 Å². The number of carbonyl (C=O) groups is 1. The fourth-order valence-electron chi connectivity index (χ4n) is 3.06. The van der Waals surface area contributed by atoms with Crippen molar-refractivity contribution >= 4 is 33.4 Å². The van der Waals surface area contributed by atoms with Crippen LogP contribution in [0.3, 0.4) is 0 Å². The molecule has 0 heterocycles. The van der Waals surface area contributed by atoms with E-state index in [0.717, 1.165) is 5.56 Å². The van der Waals surface area contributed by atoms with Crippen molar-refractivity contribution in [3.63, 3.8) is 0 Å². The number of rotatable bonds is 11. The van der Waals surface area contributed by atoms with Crippen LogP contribution in [0.15, 0.2) is 77.7 Å². The van der Waals surface area contributed by atoms with Crippen LogP contribution in [-0.4, -0.2) is 33.2 Å². The Hall–Kier alpha value is -3.48. The molecule has 0 fully saturated rings. The van der Waals surface area contributed by atoms with Gasteiger partial charge in [-0.05, 0) is 67.1 Å². The van der Waals surface area contributed by atoms with Gasteiger partial charge in [-0.25, -0.2) is 8.42 Å². The van der Waals surface area contributed by atoms with Crippen molar-refractivity contribution in [1.29, 1.82) is 5.26 Å². The van der Waals surface area contributed by atoms with Crippen molar-refractivity contribution < 1.29 is 17.9 Å². The highest BCUT2D eigenvalue weighted by Gasteiger charge is 2.15. The van der Waals surface area contributed by atoms with E-state index in [-0.39, 0.29) is 10.8 Å². The molecule has 34 heavy (non-hydrogen) atoms. The Kier molecular flexibility index (Phi) is 8.96. The summed E-state index contributed by atoms with van der Waals surface area (Å²) in [6.07, 6.45) is 0. The van der Waals surface area contributed by atoms with Crippen molar-refractivity contribution in [3.05, 3.63) is 89.5 Å². The van der Waals surface area contributed by atoms with Gasteiger partial charge in [-0.3, -0.25) is 9.52 Å². The Morgan fingerprint density at radius 2 is 1.74 bits per heavy atom. The topological polar surface area (TPSA) is 108 Å². The number of anilines is 1. The molecule has 0 saturated carbocycles. The van der Waals surface area contributed by atoms with E-state index in [2.05, 4.69) is 16.1 Å². The first-order chi connectivity index (χ1) is 16.4. The molecular weight excluding hydrogens is 470 g/mol. The number of amides is 1. The molecule has 1 amide bonds. The zero-order valence-corrected chi connectivity index (χ0v) is 20.3. The second kappa shape index (κ2) is 12.1. The summed E-state index contributed by atoms with van der Waals surface area (Å²) in [6.45, 7) is 2.83. The second-order valence-electron chi connectivity index (χ2n) is 7.16. The third-order valence-electron chi connectivity index (χ3n) is 4.77. The average molecular weight is 496 g/mol. The molecule has 0 aliphatic rings. The molecule has 9 heteroatoms. The summed E-state index contributed by atoms with van der Waals surface area (Å²) in [7, 11) is -3.76. The van der Waals surface area contributed by atoms with Gasteiger partial charge >= 0.3 is 0 Å². The highest BCUT2D eigenvalue weighted by Crippen LogP contribution is 2.20. The first-order valence-corrected chi connectivity index (χ1v) is 13.3. The molecule has 0 unspecified atom stereocenters. The van der Waals surface area contributed by atoms with Crippen molar-refractivity contribution in [2.45, 2.75) is 17.6 Å². The van der Waals surface area contributed by atoms with E-state index in [1.54, 1.807) is 54.2 Å². The van der Waals surface area contributed by atoms with Gasteiger partial charge in [0.2, 0.25) is 0 Å². The molecule has 0 atom stereocenters. The van der Waals surface area contributed by atoms with Crippen LogP contribution in [0.5, 0.6) is 5.75 Å². The van der Waals surface area contributed by atoms with Crippen LogP contribution in [0.4, 0.5) is 5.69 Å². The van der Waals surface area contributed by atoms with Crippen LogP contribution in [0, 0.1) is 11.3 Å². The molecular formula is C25H25N3O4S2.